The number of benzene rings is 1. The van der Waals surface area contributed by atoms with Crippen molar-refractivity contribution in [3.8, 4) is 0 Å². The Kier molecular flexibility index (Phi) is 3.45. The molecule has 0 amide bonds. The number of nitrogens with one attached hydrogen (secondary N) is 1. The van der Waals surface area contributed by atoms with Crippen LogP contribution < -0.4 is 11.1 Å². The van der Waals surface area contributed by atoms with Crippen LogP contribution in [-0.4, -0.2) is 26.3 Å². The van der Waals surface area contributed by atoms with Crippen molar-refractivity contribution in [2.75, 3.05) is 17.7 Å². The van der Waals surface area contributed by atoms with Gasteiger partial charge in [0, 0.05) is 5.56 Å². The normalized spacial score (nSPS) is 12.5. The Balaban J connectivity index is 2.01. The molecule has 4 N–H and O–H groups in total. The number of anilines is 2. The quantitative estimate of drug-likeness (QED) is 0.679. The highest BCUT2D eigenvalue weighted by Crippen LogP contribution is 2.26. The van der Waals surface area contributed by atoms with E-state index in [2.05, 4.69) is 15.4 Å². The molecular weight excluding hydrogens is 266 g/mol. The summed E-state index contributed by atoms with van der Waals surface area (Å²) in [7, 11) is 0. The zero-order valence-corrected chi connectivity index (χ0v) is 11.7. The maximum Gasteiger partial charge on any atom is 0.154 e. The second kappa shape index (κ2) is 5.41. The van der Waals surface area contributed by atoms with Gasteiger partial charge < -0.3 is 16.2 Å². The molecule has 1 aromatic carbocycles. The molecule has 6 heteroatoms. The summed E-state index contributed by atoms with van der Waals surface area (Å²) in [5, 5.41) is 17.1. The highest BCUT2D eigenvalue weighted by molar-refractivity contribution is 5.78. The van der Waals surface area contributed by atoms with Gasteiger partial charge >= 0.3 is 0 Å². The molecule has 0 bridgehead atoms. The van der Waals surface area contributed by atoms with E-state index in [4.69, 9.17) is 5.73 Å². The van der Waals surface area contributed by atoms with Gasteiger partial charge in [-0.2, -0.15) is 5.10 Å². The van der Waals surface area contributed by atoms with Crippen LogP contribution in [0.25, 0.3) is 5.52 Å². The van der Waals surface area contributed by atoms with Gasteiger partial charge in [-0.15, -0.1) is 0 Å². The first-order valence-corrected chi connectivity index (χ1v) is 6.71. The van der Waals surface area contributed by atoms with Crippen LogP contribution in [0.15, 0.2) is 42.9 Å². The number of fused-ring (bicyclic) bond motifs is 1. The molecule has 3 rings (SSSR count). The summed E-state index contributed by atoms with van der Waals surface area (Å²) in [5.74, 6) is 0.655. The van der Waals surface area contributed by atoms with Crippen LogP contribution in [0.2, 0.25) is 0 Å². The zero-order chi connectivity index (χ0) is 14.8. The van der Waals surface area contributed by atoms with Gasteiger partial charge in [0.05, 0.1) is 24.5 Å². The van der Waals surface area contributed by atoms with Crippen molar-refractivity contribution in [3.05, 3.63) is 54.0 Å². The van der Waals surface area contributed by atoms with Crippen molar-refractivity contribution in [3.63, 3.8) is 0 Å². The molecule has 0 radical (unpaired) electrons. The fourth-order valence-electron chi connectivity index (χ4n) is 2.37. The number of aryl methyl sites for hydroxylation is 1. The first-order chi connectivity index (χ1) is 10.2. The molecule has 0 aliphatic heterocycles. The van der Waals surface area contributed by atoms with E-state index < -0.39 is 0 Å². The molecule has 0 unspecified atom stereocenters. The zero-order valence-electron chi connectivity index (χ0n) is 11.7. The Morgan fingerprint density at radius 2 is 2.10 bits per heavy atom. The number of hydrogen-bond donors (Lipinski definition) is 3. The fraction of sp³-hybridized carbons (Fsp3) is 0.200. The molecule has 1 atom stereocenters. The van der Waals surface area contributed by atoms with Gasteiger partial charge in [0.1, 0.15) is 11.8 Å². The molecule has 21 heavy (non-hydrogen) atoms. The summed E-state index contributed by atoms with van der Waals surface area (Å²) < 4.78 is 1.69. The number of aliphatic hydroxyl groups excluding tert-OH is 1. The van der Waals surface area contributed by atoms with Crippen LogP contribution in [0.1, 0.15) is 17.2 Å². The van der Waals surface area contributed by atoms with Crippen molar-refractivity contribution < 1.29 is 5.11 Å². The maximum atomic E-state index is 9.65. The van der Waals surface area contributed by atoms with Gasteiger partial charge in [0.25, 0.3) is 0 Å². The molecular formula is C15H17N5O. The number of nitrogen functional groups attached to an aromatic ring is 1. The van der Waals surface area contributed by atoms with E-state index in [9.17, 15) is 5.11 Å². The molecule has 0 fully saturated rings. The van der Waals surface area contributed by atoms with Crippen molar-refractivity contribution in [1.29, 1.82) is 0 Å². The fourth-order valence-corrected chi connectivity index (χ4v) is 2.37. The average molecular weight is 283 g/mol. The highest BCUT2D eigenvalue weighted by atomic mass is 16.3. The Morgan fingerprint density at radius 3 is 2.81 bits per heavy atom. The Bertz CT molecular complexity index is 753. The van der Waals surface area contributed by atoms with Crippen molar-refractivity contribution in [1.82, 2.24) is 14.6 Å². The first-order valence-electron chi connectivity index (χ1n) is 6.71. The molecule has 6 nitrogen and oxygen atoms in total. The summed E-state index contributed by atoms with van der Waals surface area (Å²) in [5.41, 5.74) is 9.33. The predicted molar refractivity (Wildman–Crippen MR) is 82.0 cm³/mol. The maximum absolute atomic E-state index is 9.65. The molecule has 2 aromatic heterocycles. The van der Waals surface area contributed by atoms with E-state index in [0.29, 0.717) is 11.5 Å². The number of aliphatic hydroxyl groups is 1. The van der Waals surface area contributed by atoms with E-state index in [-0.39, 0.29) is 12.6 Å². The monoisotopic (exact) mass is 283 g/mol. The smallest absolute Gasteiger partial charge is 0.154 e. The van der Waals surface area contributed by atoms with Gasteiger partial charge in [0.2, 0.25) is 0 Å². The van der Waals surface area contributed by atoms with Gasteiger partial charge in [-0.3, -0.25) is 0 Å². The minimum atomic E-state index is -0.236. The summed E-state index contributed by atoms with van der Waals surface area (Å²) in [6.07, 6.45) is 3.22. The third kappa shape index (κ3) is 2.41. The minimum Gasteiger partial charge on any atom is -0.397 e. The molecule has 0 spiro atoms. The Hall–Kier alpha value is -2.60. The third-order valence-corrected chi connectivity index (χ3v) is 3.56. The summed E-state index contributed by atoms with van der Waals surface area (Å²) >= 11 is 0. The molecule has 0 saturated carbocycles. The third-order valence-electron chi connectivity index (χ3n) is 3.56. The number of rotatable bonds is 4. The Morgan fingerprint density at radius 1 is 1.33 bits per heavy atom. The van der Waals surface area contributed by atoms with E-state index in [1.165, 1.54) is 6.33 Å². The lowest BCUT2D eigenvalue weighted by Crippen LogP contribution is -2.16. The predicted octanol–water partition coefficient (Wildman–Crippen LogP) is 1.77. The van der Waals surface area contributed by atoms with Crippen LogP contribution in [0, 0.1) is 6.92 Å². The first kappa shape index (κ1) is 13.4. The SMILES string of the molecule is Cc1c(N)cn2ncnc(N[C@H](CO)c3ccccc3)c12. The molecule has 0 aliphatic rings. The van der Waals surface area contributed by atoms with Gasteiger partial charge in [-0.05, 0) is 12.5 Å². The molecule has 108 valence electrons. The number of aromatic nitrogens is 3. The summed E-state index contributed by atoms with van der Waals surface area (Å²) in [4.78, 5) is 4.28. The molecule has 3 aromatic rings. The van der Waals surface area contributed by atoms with E-state index in [0.717, 1.165) is 16.6 Å². The Labute approximate surface area is 122 Å². The summed E-state index contributed by atoms with van der Waals surface area (Å²) in [6.45, 7) is 1.89. The summed E-state index contributed by atoms with van der Waals surface area (Å²) in [6, 6.07) is 9.52. The number of nitrogens with two attached hydrogens (primary N) is 1. The van der Waals surface area contributed by atoms with Gasteiger partial charge in [-0.25, -0.2) is 9.50 Å². The second-order valence-corrected chi connectivity index (χ2v) is 4.90. The standard InChI is InChI=1S/C15H17N5O/c1-10-12(16)7-20-14(10)15(17-9-18-20)19-13(8-21)11-5-3-2-4-6-11/h2-7,9,13,21H,8,16H2,1H3,(H,17,18,19)/t13-/m1/s1. The lowest BCUT2D eigenvalue weighted by molar-refractivity contribution is 0.276. The number of nitrogens with zero attached hydrogens (tertiary/aromatic N) is 3. The minimum absolute atomic E-state index is 0.0323. The van der Waals surface area contributed by atoms with E-state index >= 15 is 0 Å². The topological polar surface area (TPSA) is 88.5 Å². The molecule has 0 aliphatic carbocycles. The largest absolute Gasteiger partial charge is 0.397 e. The molecule has 2 heterocycles. The van der Waals surface area contributed by atoms with Crippen molar-refractivity contribution >= 4 is 17.0 Å². The van der Waals surface area contributed by atoms with E-state index in [1.54, 1.807) is 10.7 Å². The second-order valence-electron chi connectivity index (χ2n) is 4.90. The number of hydrogen-bond acceptors (Lipinski definition) is 5. The van der Waals surface area contributed by atoms with Crippen LogP contribution in [0.3, 0.4) is 0 Å². The van der Waals surface area contributed by atoms with Crippen LogP contribution in [0.5, 0.6) is 0 Å². The van der Waals surface area contributed by atoms with Crippen LogP contribution >= 0.6 is 0 Å². The van der Waals surface area contributed by atoms with Crippen LogP contribution in [-0.2, 0) is 0 Å². The van der Waals surface area contributed by atoms with Crippen molar-refractivity contribution in [2.45, 2.75) is 13.0 Å². The van der Waals surface area contributed by atoms with E-state index in [1.807, 2.05) is 37.3 Å². The van der Waals surface area contributed by atoms with Gasteiger partial charge in [0.15, 0.2) is 5.82 Å². The molecule has 0 saturated heterocycles. The van der Waals surface area contributed by atoms with Crippen molar-refractivity contribution in [2.24, 2.45) is 0 Å². The lowest BCUT2D eigenvalue weighted by atomic mass is 10.1. The lowest BCUT2D eigenvalue weighted by Gasteiger charge is -2.18. The van der Waals surface area contributed by atoms with Crippen LogP contribution in [0.4, 0.5) is 11.5 Å². The average Bonchev–Trinajstić information content (AvgIpc) is 2.81. The highest BCUT2D eigenvalue weighted by Gasteiger charge is 2.15. The van der Waals surface area contributed by atoms with Gasteiger partial charge in [-0.1, -0.05) is 30.3 Å².